The molecular formula is C24H19F6N5OS. The van der Waals surface area contributed by atoms with E-state index in [1.54, 1.807) is 24.3 Å². The van der Waals surface area contributed by atoms with Crippen LogP contribution in [-0.2, 0) is 23.7 Å². The molecule has 3 aromatic rings. The third-order valence-corrected chi connectivity index (χ3v) is 7.07. The van der Waals surface area contributed by atoms with Crippen molar-refractivity contribution in [3.63, 3.8) is 0 Å². The Kier molecular flexibility index (Phi) is 6.52. The zero-order chi connectivity index (χ0) is 26.4. The number of amidine groups is 1. The fraction of sp³-hybridized carbons (Fsp3) is 0.292. The molecule has 0 saturated carbocycles. The number of fused-ring (bicyclic) bond motifs is 1. The van der Waals surface area contributed by atoms with Crippen LogP contribution in [0.1, 0.15) is 22.3 Å². The van der Waals surface area contributed by atoms with Crippen LogP contribution in [-0.4, -0.2) is 51.9 Å². The van der Waals surface area contributed by atoms with Crippen LogP contribution >= 0.6 is 11.8 Å². The van der Waals surface area contributed by atoms with Crippen LogP contribution in [0.2, 0.25) is 0 Å². The molecule has 0 bridgehead atoms. The van der Waals surface area contributed by atoms with Crippen LogP contribution < -0.4 is 5.32 Å². The summed E-state index contributed by atoms with van der Waals surface area (Å²) in [5, 5.41) is 8.65. The van der Waals surface area contributed by atoms with E-state index >= 15 is 0 Å². The monoisotopic (exact) mass is 539 g/mol. The molecule has 1 saturated heterocycles. The summed E-state index contributed by atoms with van der Waals surface area (Å²) in [5.41, 5.74) is -1.87. The van der Waals surface area contributed by atoms with Crippen molar-refractivity contribution >= 4 is 39.8 Å². The highest BCUT2D eigenvalue weighted by molar-refractivity contribution is 8.18. The van der Waals surface area contributed by atoms with Crippen molar-refractivity contribution in [2.45, 2.75) is 18.9 Å². The zero-order valence-electron chi connectivity index (χ0n) is 19.0. The molecule has 5 rings (SSSR count). The summed E-state index contributed by atoms with van der Waals surface area (Å²) >= 11 is 1.29. The Labute approximate surface area is 211 Å². The van der Waals surface area contributed by atoms with Gasteiger partial charge in [0.1, 0.15) is 0 Å². The number of thioether (sulfide) groups is 1. The van der Waals surface area contributed by atoms with Crippen LogP contribution in [0.5, 0.6) is 0 Å². The number of amides is 1. The Morgan fingerprint density at radius 1 is 1.00 bits per heavy atom. The van der Waals surface area contributed by atoms with Gasteiger partial charge in [0, 0.05) is 31.6 Å². The van der Waals surface area contributed by atoms with E-state index in [1.807, 2.05) is 4.90 Å². The zero-order valence-corrected chi connectivity index (χ0v) is 19.8. The fourth-order valence-corrected chi connectivity index (χ4v) is 5.14. The smallest absolute Gasteiger partial charge is 0.348 e. The van der Waals surface area contributed by atoms with Crippen LogP contribution in [0.4, 0.5) is 26.3 Å². The number of aliphatic imine (C=N–C) groups is 1. The van der Waals surface area contributed by atoms with E-state index < -0.39 is 23.5 Å². The average molecular weight is 540 g/mol. The molecule has 1 aromatic heterocycles. The van der Waals surface area contributed by atoms with Gasteiger partial charge in [-0.15, -0.1) is 0 Å². The van der Waals surface area contributed by atoms with E-state index in [1.165, 1.54) is 22.6 Å². The summed E-state index contributed by atoms with van der Waals surface area (Å²) in [6, 6.07) is 6.67. The molecule has 2 aliphatic rings. The van der Waals surface area contributed by atoms with Gasteiger partial charge in [-0.3, -0.25) is 9.48 Å². The van der Waals surface area contributed by atoms with Crippen LogP contribution in [0.25, 0.3) is 17.0 Å². The molecule has 194 valence electrons. The van der Waals surface area contributed by atoms with E-state index in [0.717, 1.165) is 32.2 Å². The van der Waals surface area contributed by atoms with E-state index in [2.05, 4.69) is 15.4 Å². The molecule has 2 aromatic carbocycles. The van der Waals surface area contributed by atoms with Crippen molar-refractivity contribution in [2.75, 3.05) is 26.2 Å². The number of aromatic nitrogens is 2. The molecule has 37 heavy (non-hydrogen) atoms. The highest BCUT2D eigenvalue weighted by atomic mass is 32.2. The Bertz CT molecular complexity index is 1420. The van der Waals surface area contributed by atoms with Crippen LogP contribution in [0.15, 0.2) is 52.5 Å². The molecule has 6 nitrogen and oxygen atoms in total. The van der Waals surface area contributed by atoms with E-state index in [4.69, 9.17) is 0 Å². The molecule has 0 unspecified atom stereocenters. The Hall–Kier alpha value is -3.32. The Morgan fingerprint density at radius 3 is 2.46 bits per heavy atom. The number of piperazine rings is 1. The van der Waals surface area contributed by atoms with Gasteiger partial charge in [-0.25, -0.2) is 0 Å². The summed E-state index contributed by atoms with van der Waals surface area (Å²) in [6.45, 7) is 2.76. The van der Waals surface area contributed by atoms with Crippen molar-refractivity contribution in [3.8, 4) is 0 Å². The number of halogens is 6. The van der Waals surface area contributed by atoms with Gasteiger partial charge in [-0.05, 0) is 53.2 Å². The third-order valence-electron chi connectivity index (χ3n) is 6.02. The molecule has 0 atom stereocenters. The lowest BCUT2D eigenvalue weighted by Crippen LogP contribution is -2.45. The highest BCUT2D eigenvalue weighted by Crippen LogP contribution is 2.38. The van der Waals surface area contributed by atoms with Gasteiger partial charge in [0.15, 0.2) is 5.17 Å². The van der Waals surface area contributed by atoms with E-state index in [-0.39, 0.29) is 24.1 Å². The first-order valence-corrected chi connectivity index (χ1v) is 12.0. The predicted molar refractivity (Wildman–Crippen MR) is 128 cm³/mol. The van der Waals surface area contributed by atoms with Crippen molar-refractivity contribution in [1.29, 1.82) is 0 Å². The quantitative estimate of drug-likeness (QED) is 0.375. The lowest BCUT2D eigenvalue weighted by atomic mass is 10.0. The maximum Gasteiger partial charge on any atom is 0.416 e. The summed E-state index contributed by atoms with van der Waals surface area (Å²) in [6.07, 6.45) is -6.70. The second kappa shape index (κ2) is 9.53. The molecule has 0 aliphatic carbocycles. The lowest BCUT2D eigenvalue weighted by Gasteiger charge is -2.27. The van der Waals surface area contributed by atoms with Gasteiger partial charge in [0.2, 0.25) is 0 Å². The molecule has 1 N–H and O–H groups in total. The minimum absolute atomic E-state index is 0.123. The molecule has 3 heterocycles. The number of carbonyl (C=O) groups excluding carboxylic acids is 1. The lowest BCUT2D eigenvalue weighted by molar-refractivity contribution is -0.143. The number of benzene rings is 2. The Morgan fingerprint density at radius 2 is 1.76 bits per heavy atom. The van der Waals surface area contributed by atoms with Crippen LogP contribution in [0.3, 0.4) is 0 Å². The minimum atomic E-state index is -4.96. The van der Waals surface area contributed by atoms with Gasteiger partial charge < -0.3 is 10.2 Å². The second-order valence-electron chi connectivity index (χ2n) is 8.54. The molecule has 13 heteroatoms. The van der Waals surface area contributed by atoms with Gasteiger partial charge in [0.05, 0.1) is 34.3 Å². The first kappa shape index (κ1) is 25.3. The predicted octanol–water partition coefficient (Wildman–Crippen LogP) is 5.00. The molecule has 0 spiro atoms. The topological polar surface area (TPSA) is 62.5 Å². The number of hydrogen-bond acceptors (Lipinski definition) is 5. The SMILES string of the molecule is O=C1N=C(N2CCNCC2)S/C1=C\c1ccc2c(cnn2Cc2ccc(C(F)(F)F)cc2C(F)(F)F)c1. The number of rotatable bonds is 3. The first-order valence-electron chi connectivity index (χ1n) is 11.2. The van der Waals surface area contributed by atoms with Gasteiger partial charge in [-0.2, -0.15) is 36.4 Å². The van der Waals surface area contributed by atoms with E-state index in [0.29, 0.717) is 32.6 Å². The van der Waals surface area contributed by atoms with E-state index in [9.17, 15) is 31.1 Å². The largest absolute Gasteiger partial charge is 0.416 e. The number of alkyl halides is 6. The summed E-state index contributed by atoms with van der Waals surface area (Å²) < 4.78 is 80.8. The maximum atomic E-state index is 13.5. The first-order chi connectivity index (χ1) is 17.5. The van der Waals surface area contributed by atoms with Gasteiger partial charge >= 0.3 is 12.4 Å². The van der Waals surface area contributed by atoms with Crippen molar-refractivity contribution < 1.29 is 31.1 Å². The number of hydrogen-bond donors (Lipinski definition) is 1. The number of nitrogens with one attached hydrogen (secondary N) is 1. The van der Waals surface area contributed by atoms with Crippen molar-refractivity contribution in [3.05, 3.63) is 69.8 Å². The highest BCUT2D eigenvalue weighted by Gasteiger charge is 2.38. The maximum absolute atomic E-state index is 13.5. The standard InChI is InChI=1S/C24H19F6N5OS/c25-23(26,27)17-3-2-15(18(11-17)24(28,29)30)13-35-19-4-1-14(9-16(19)12-32-35)10-20-21(36)33-22(37-20)34-7-5-31-6-8-34/h1-4,9-12,31H,5-8,13H2/b20-10-. The van der Waals surface area contributed by atoms with Crippen LogP contribution in [0, 0.1) is 0 Å². The molecule has 0 radical (unpaired) electrons. The molecular weight excluding hydrogens is 520 g/mol. The van der Waals surface area contributed by atoms with Gasteiger partial charge in [0.25, 0.3) is 5.91 Å². The Balaban J connectivity index is 1.39. The second-order valence-corrected chi connectivity index (χ2v) is 9.54. The number of carbonyl (C=O) groups is 1. The molecule has 1 amide bonds. The summed E-state index contributed by atoms with van der Waals surface area (Å²) in [5.74, 6) is -0.337. The molecule has 1 fully saturated rings. The fourth-order valence-electron chi connectivity index (χ4n) is 4.18. The summed E-state index contributed by atoms with van der Waals surface area (Å²) in [4.78, 5) is 19.1. The number of nitrogens with zero attached hydrogens (tertiary/aromatic N) is 4. The summed E-state index contributed by atoms with van der Waals surface area (Å²) in [7, 11) is 0. The normalized spacial score (nSPS) is 18.2. The minimum Gasteiger partial charge on any atom is -0.348 e. The van der Waals surface area contributed by atoms with Gasteiger partial charge in [-0.1, -0.05) is 12.1 Å². The average Bonchev–Trinajstić information content (AvgIpc) is 3.41. The van der Waals surface area contributed by atoms with Crippen molar-refractivity contribution in [1.82, 2.24) is 20.0 Å². The van der Waals surface area contributed by atoms with Crippen molar-refractivity contribution in [2.24, 2.45) is 4.99 Å². The third kappa shape index (κ3) is 5.37. The molecule has 2 aliphatic heterocycles.